The van der Waals surface area contributed by atoms with Crippen LogP contribution in [0.5, 0.6) is 0 Å². The fourth-order valence-electron chi connectivity index (χ4n) is 1.21. The van der Waals surface area contributed by atoms with E-state index in [4.69, 9.17) is 5.26 Å². The van der Waals surface area contributed by atoms with Gasteiger partial charge in [0.25, 0.3) is 0 Å². The van der Waals surface area contributed by atoms with E-state index in [1.807, 2.05) is 6.07 Å². The number of nitrogens with zero attached hydrogens (tertiary/aromatic N) is 1. The monoisotopic (exact) mass is 247 g/mol. The van der Waals surface area contributed by atoms with Crippen molar-refractivity contribution in [2.24, 2.45) is 0 Å². The van der Waals surface area contributed by atoms with Crippen LogP contribution in [0.3, 0.4) is 0 Å². The minimum absolute atomic E-state index is 0.140. The number of nitriles is 1. The molecule has 0 spiro atoms. The van der Waals surface area contributed by atoms with E-state index >= 15 is 0 Å². The predicted octanol–water partition coefficient (Wildman–Crippen LogP) is 2.13. The molecule has 0 atom stereocenters. The van der Waals surface area contributed by atoms with E-state index in [0.717, 1.165) is 0 Å². The number of hydrogen-bond donors (Lipinski definition) is 0. The summed E-state index contributed by atoms with van der Waals surface area (Å²) in [6.45, 7) is 3.28. The molecule has 1 aromatic rings. The maximum absolute atomic E-state index is 11.9. The van der Waals surface area contributed by atoms with Crippen LogP contribution in [0.2, 0.25) is 0 Å². The van der Waals surface area contributed by atoms with E-state index in [1.54, 1.807) is 38.1 Å². The molecule has 17 heavy (non-hydrogen) atoms. The fourth-order valence-corrected chi connectivity index (χ4v) is 2.31. The summed E-state index contributed by atoms with van der Waals surface area (Å²) in [7, 11) is -3.26. The third kappa shape index (κ3) is 3.34. The van der Waals surface area contributed by atoms with Crippen molar-refractivity contribution in [3.63, 3.8) is 0 Å². The molecule has 0 N–H and O–H groups in total. The number of sulfone groups is 1. The van der Waals surface area contributed by atoms with E-state index < -0.39 is 15.1 Å². The molecular weight excluding hydrogens is 234 g/mol. The summed E-state index contributed by atoms with van der Waals surface area (Å²) in [6, 6.07) is 8.40. The molecule has 0 radical (unpaired) electrons. The van der Waals surface area contributed by atoms with Gasteiger partial charge < -0.3 is 0 Å². The van der Waals surface area contributed by atoms with Gasteiger partial charge in [0.05, 0.1) is 22.6 Å². The first-order valence-corrected chi connectivity index (χ1v) is 6.73. The van der Waals surface area contributed by atoms with Crippen molar-refractivity contribution in [2.45, 2.75) is 30.4 Å². The molecule has 0 saturated heterocycles. The van der Waals surface area contributed by atoms with E-state index in [0.29, 0.717) is 5.56 Å². The van der Waals surface area contributed by atoms with Crippen molar-refractivity contribution >= 4 is 9.84 Å². The van der Waals surface area contributed by atoms with Crippen LogP contribution in [0.1, 0.15) is 25.8 Å². The van der Waals surface area contributed by atoms with Gasteiger partial charge >= 0.3 is 0 Å². The number of rotatable bonds is 2. The van der Waals surface area contributed by atoms with Gasteiger partial charge in [-0.3, -0.25) is 0 Å². The van der Waals surface area contributed by atoms with Crippen LogP contribution in [-0.2, 0) is 9.84 Å². The molecule has 3 nitrogen and oxygen atoms in total. The molecule has 0 aliphatic carbocycles. The second-order valence-electron chi connectivity index (χ2n) is 3.76. The minimum atomic E-state index is -3.26. The average molecular weight is 247 g/mol. The first kappa shape index (κ1) is 13.3. The highest BCUT2D eigenvalue weighted by atomic mass is 32.2. The molecule has 0 heterocycles. The molecule has 1 rings (SSSR count). The SMILES string of the molecule is CC(C)S(=O)(=O)c1cccc(C#CCC#N)c1. The molecule has 0 bridgehead atoms. The van der Waals surface area contributed by atoms with Crippen molar-refractivity contribution in [1.29, 1.82) is 5.26 Å². The largest absolute Gasteiger partial charge is 0.223 e. The zero-order valence-corrected chi connectivity index (χ0v) is 10.6. The summed E-state index contributed by atoms with van der Waals surface area (Å²) in [5.74, 6) is 5.41. The zero-order valence-electron chi connectivity index (χ0n) is 9.77. The lowest BCUT2D eigenvalue weighted by Gasteiger charge is -2.07. The minimum Gasteiger partial charge on any atom is -0.223 e. The zero-order chi connectivity index (χ0) is 12.9. The van der Waals surface area contributed by atoms with Crippen molar-refractivity contribution in [1.82, 2.24) is 0 Å². The van der Waals surface area contributed by atoms with Crippen LogP contribution < -0.4 is 0 Å². The molecule has 4 heteroatoms. The fraction of sp³-hybridized carbons (Fsp3) is 0.308. The summed E-state index contributed by atoms with van der Waals surface area (Å²) in [5.41, 5.74) is 0.613. The van der Waals surface area contributed by atoms with Gasteiger partial charge in [-0.05, 0) is 32.0 Å². The van der Waals surface area contributed by atoms with Crippen LogP contribution in [0.25, 0.3) is 0 Å². The molecule has 0 fully saturated rings. The molecular formula is C13H13NO2S. The normalized spacial score (nSPS) is 10.5. The van der Waals surface area contributed by atoms with Gasteiger partial charge in [-0.2, -0.15) is 5.26 Å². The number of hydrogen-bond acceptors (Lipinski definition) is 3. The van der Waals surface area contributed by atoms with Crippen molar-refractivity contribution in [2.75, 3.05) is 0 Å². The molecule has 0 amide bonds. The molecule has 88 valence electrons. The third-order valence-electron chi connectivity index (χ3n) is 2.18. The standard InChI is InChI=1S/C13H13NO2S/c1-11(2)17(15,16)13-8-5-7-12(10-13)6-3-4-9-14/h5,7-8,10-11H,4H2,1-2H3. The second-order valence-corrected chi connectivity index (χ2v) is 6.26. The van der Waals surface area contributed by atoms with Crippen LogP contribution in [0.4, 0.5) is 0 Å². The highest BCUT2D eigenvalue weighted by Gasteiger charge is 2.18. The van der Waals surface area contributed by atoms with Gasteiger partial charge in [0.2, 0.25) is 0 Å². The van der Waals surface area contributed by atoms with Gasteiger partial charge in [0, 0.05) is 5.56 Å². The highest BCUT2D eigenvalue weighted by Crippen LogP contribution is 2.16. The van der Waals surface area contributed by atoms with Crippen molar-refractivity contribution < 1.29 is 8.42 Å². The first-order valence-electron chi connectivity index (χ1n) is 5.18. The topological polar surface area (TPSA) is 57.9 Å². The van der Waals surface area contributed by atoms with Crippen LogP contribution in [-0.4, -0.2) is 13.7 Å². The van der Waals surface area contributed by atoms with Crippen LogP contribution in [0, 0.1) is 23.2 Å². The Labute approximate surface area is 102 Å². The Hall–Kier alpha value is -1.78. The lowest BCUT2D eigenvalue weighted by molar-refractivity contribution is 0.587. The Bertz CT molecular complexity index is 598. The molecule has 1 aromatic carbocycles. The van der Waals surface area contributed by atoms with E-state index in [-0.39, 0.29) is 11.3 Å². The Morgan fingerprint density at radius 1 is 1.35 bits per heavy atom. The predicted molar refractivity (Wildman–Crippen MR) is 65.9 cm³/mol. The van der Waals surface area contributed by atoms with Gasteiger partial charge in [-0.1, -0.05) is 17.9 Å². The second kappa shape index (κ2) is 5.52. The summed E-state index contributed by atoms with van der Waals surface area (Å²) >= 11 is 0. The lowest BCUT2D eigenvalue weighted by Crippen LogP contribution is -2.13. The lowest BCUT2D eigenvalue weighted by atomic mass is 10.2. The molecule has 0 aliphatic rings. The maximum atomic E-state index is 11.9. The smallest absolute Gasteiger partial charge is 0.180 e. The highest BCUT2D eigenvalue weighted by molar-refractivity contribution is 7.92. The molecule has 0 unspecified atom stereocenters. The summed E-state index contributed by atoms with van der Waals surface area (Å²) in [5, 5.41) is 7.90. The van der Waals surface area contributed by atoms with Crippen molar-refractivity contribution in [3.8, 4) is 17.9 Å². The van der Waals surface area contributed by atoms with E-state index in [9.17, 15) is 8.42 Å². The Balaban J connectivity index is 3.13. The Kier molecular flexibility index (Phi) is 4.31. The Morgan fingerprint density at radius 2 is 2.06 bits per heavy atom. The summed E-state index contributed by atoms with van der Waals surface area (Å²) < 4.78 is 23.8. The molecule has 0 aliphatic heterocycles. The molecule has 0 aromatic heterocycles. The van der Waals surface area contributed by atoms with Crippen LogP contribution >= 0.6 is 0 Å². The average Bonchev–Trinajstić information content (AvgIpc) is 2.29. The van der Waals surface area contributed by atoms with Gasteiger partial charge in [-0.15, -0.1) is 0 Å². The summed E-state index contributed by atoms with van der Waals surface area (Å²) in [6.07, 6.45) is 0.140. The van der Waals surface area contributed by atoms with Crippen LogP contribution in [0.15, 0.2) is 29.2 Å². The maximum Gasteiger partial charge on any atom is 0.180 e. The quantitative estimate of drug-likeness (QED) is 0.752. The molecule has 0 saturated carbocycles. The van der Waals surface area contributed by atoms with Crippen molar-refractivity contribution in [3.05, 3.63) is 29.8 Å². The van der Waals surface area contributed by atoms with E-state index in [2.05, 4.69) is 11.8 Å². The Morgan fingerprint density at radius 3 is 2.65 bits per heavy atom. The third-order valence-corrected chi connectivity index (χ3v) is 4.34. The first-order chi connectivity index (χ1) is 7.98. The van der Waals surface area contributed by atoms with Gasteiger partial charge in [0.15, 0.2) is 9.84 Å². The number of benzene rings is 1. The van der Waals surface area contributed by atoms with Gasteiger partial charge in [0.1, 0.15) is 0 Å². The summed E-state index contributed by atoms with van der Waals surface area (Å²) in [4.78, 5) is 0.274. The van der Waals surface area contributed by atoms with Gasteiger partial charge in [-0.25, -0.2) is 8.42 Å². The van der Waals surface area contributed by atoms with E-state index in [1.165, 1.54) is 0 Å².